The number of hydrogen-bond acceptors (Lipinski definition) is 4. The number of esters is 1. The second kappa shape index (κ2) is 15.0. The molecule has 0 fully saturated rings. The van der Waals surface area contributed by atoms with Crippen molar-refractivity contribution in [3.05, 3.63) is 36.0 Å². The van der Waals surface area contributed by atoms with Gasteiger partial charge in [0.15, 0.2) is 0 Å². The van der Waals surface area contributed by atoms with E-state index < -0.39 is 17.9 Å². The summed E-state index contributed by atoms with van der Waals surface area (Å²) in [4.78, 5) is 30.3. The van der Waals surface area contributed by atoms with Crippen molar-refractivity contribution >= 4 is 17.9 Å². The molecule has 0 atom stereocenters. The molecule has 0 aromatic heterocycles. The number of carbonyl (C=O) groups is 3. The van der Waals surface area contributed by atoms with Crippen LogP contribution in [0.4, 0.5) is 0 Å². The Labute approximate surface area is 131 Å². The Morgan fingerprint density at radius 2 is 1.45 bits per heavy atom. The molecule has 0 bridgehead atoms. The van der Waals surface area contributed by atoms with E-state index in [1.54, 1.807) is 33.8 Å². The lowest BCUT2D eigenvalue weighted by atomic mass is 10.3. The summed E-state index contributed by atoms with van der Waals surface area (Å²) in [5, 5.41) is 16.2. The quantitative estimate of drug-likeness (QED) is 0.469. The van der Waals surface area contributed by atoms with Crippen LogP contribution in [0.3, 0.4) is 0 Å². The van der Waals surface area contributed by atoms with Gasteiger partial charge in [-0.1, -0.05) is 11.6 Å². The van der Waals surface area contributed by atoms with E-state index in [1.807, 2.05) is 13.8 Å². The molecule has 0 unspecified atom stereocenters. The van der Waals surface area contributed by atoms with E-state index >= 15 is 0 Å². The number of aliphatic carboxylic acids is 2. The number of ether oxygens (including phenoxy) is 1. The SMILES string of the molecule is C=C(C)C.CC(C)OC(=O)/C=C\C(=O)O.CC=C(C)C(=O)O. The molecule has 0 aromatic carbocycles. The minimum Gasteiger partial charge on any atom is -0.478 e. The molecule has 6 nitrogen and oxygen atoms in total. The Morgan fingerprint density at radius 1 is 1.05 bits per heavy atom. The van der Waals surface area contributed by atoms with Crippen LogP contribution in [0.1, 0.15) is 41.5 Å². The molecule has 0 aliphatic rings. The number of carboxylic acids is 2. The summed E-state index contributed by atoms with van der Waals surface area (Å²) in [5.74, 6) is -2.64. The second-order valence-corrected chi connectivity index (χ2v) is 4.64. The van der Waals surface area contributed by atoms with Gasteiger partial charge in [-0.25, -0.2) is 14.4 Å². The Bertz CT molecular complexity index is 426. The van der Waals surface area contributed by atoms with Gasteiger partial charge in [-0.3, -0.25) is 0 Å². The van der Waals surface area contributed by atoms with E-state index in [4.69, 9.17) is 10.2 Å². The highest BCUT2D eigenvalue weighted by Gasteiger charge is 2.00. The van der Waals surface area contributed by atoms with Gasteiger partial charge in [-0.15, -0.1) is 6.58 Å². The van der Waals surface area contributed by atoms with E-state index in [-0.39, 0.29) is 6.10 Å². The van der Waals surface area contributed by atoms with Crippen molar-refractivity contribution in [2.75, 3.05) is 0 Å². The lowest BCUT2D eigenvalue weighted by Gasteiger charge is -2.02. The minimum absolute atomic E-state index is 0.221. The van der Waals surface area contributed by atoms with Crippen molar-refractivity contribution < 1.29 is 29.3 Å². The molecule has 6 heteroatoms. The maximum Gasteiger partial charge on any atom is 0.331 e. The van der Waals surface area contributed by atoms with Crippen LogP contribution in [0.2, 0.25) is 0 Å². The predicted octanol–water partition coefficient (Wildman–Crippen LogP) is 3.20. The Kier molecular flexibility index (Phi) is 16.8. The van der Waals surface area contributed by atoms with Gasteiger partial charge < -0.3 is 14.9 Å². The van der Waals surface area contributed by atoms with Crippen LogP contribution >= 0.6 is 0 Å². The molecule has 126 valence electrons. The van der Waals surface area contributed by atoms with Crippen LogP contribution in [0.15, 0.2) is 36.0 Å². The fourth-order valence-corrected chi connectivity index (χ4v) is 0.534. The summed E-state index contributed by atoms with van der Waals surface area (Å²) in [6.45, 7) is 14.1. The van der Waals surface area contributed by atoms with Gasteiger partial charge in [-0.05, 0) is 41.5 Å². The van der Waals surface area contributed by atoms with Gasteiger partial charge in [0.1, 0.15) is 0 Å². The molecule has 0 spiro atoms. The zero-order chi connectivity index (χ0) is 18.3. The maximum atomic E-state index is 10.6. The third-order valence-electron chi connectivity index (χ3n) is 1.48. The van der Waals surface area contributed by atoms with Crippen LogP contribution < -0.4 is 0 Å². The van der Waals surface area contributed by atoms with Crippen LogP contribution in [0, 0.1) is 0 Å². The summed E-state index contributed by atoms with van der Waals surface area (Å²) in [6.07, 6.45) is 2.95. The van der Waals surface area contributed by atoms with E-state index in [9.17, 15) is 14.4 Å². The highest BCUT2D eigenvalue weighted by atomic mass is 16.5. The van der Waals surface area contributed by atoms with Crippen LogP contribution in [0.25, 0.3) is 0 Å². The van der Waals surface area contributed by atoms with Gasteiger partial charge in [0, 0.05) is 17.7 Å². The van der Waals surface area contributed by atoms with E-state index in [0.717, 1.165) is 12.2 Å². The average molecular weight is 314 g/mol. The topological polar surface area (TPSA) is 101 Å². The van der Waals surface area contributed by atoms with Gasteiger partial charge in [0.05, 0.1) is 6.10 Å². The van der Waals surface area contributed by atoms with Crippen LogP contribution in [-0.2, 0) is 19.1 Å². The number of hydrogen-bond donors (Lipinski definition) is 2. The molecule has 0 saturated carbocycles. The summed E-state index contributed by atoms with van der Waals surface area (Å²) in [5.41, 5.74) is 1.56. The molecule has 0 aliphatic carbocycles. The van der Waals surface area contributed by atoms with E-state index in [1.165, 1.54) is 5.57 Å². The normalized spacial score (nSPS) is 10.0. The molecule has 2 N–H and O–H groups in total. The smallest absolute Gasteiger partial charge is 0.331 e. The Morgan fingerprint density at radius 3 is 1.64 bits per heavy atom. The maximum absolute atomic E-state index is 10.6. The number of rotatable bonds is 4. The van der Waals surface area contributed by atoms with E-state index in [0.29, 0.717) is 5.57 Å². The molecule has 0 saturated heterocycles. The minimum atomic E-state index is -1.16. The van der Waals surface area contributed by atoms with Crippen molar-refractivity contribution in [3.63, 3.8) is 0 Å². The van der Waals surface area contributed by atoms with Gasteiger partial charge in [-0.2, -0.15) is 0 Å². The fraction of sp³-hybridized carbons (Fsp3) is 0.438. The lowest BCUT2D eigenvalue weighted by Crippen LogP contribution is -2.08. The Hall–Kier alpha value is -2.37. The first kappa shape index (κ1) is 24.6. The first-order valence-electron chi connectivity index (χ1n) is 6.53. The highest BCUT2D eigenvalue weighted by Crippen LogP contribution is 1.89. The van der Waals surface area contributed by atoms with E-state index in [2.05, 4.69) is 11.3 Å². The van der Waals surface area contributed by atoms with Crippen molar-refractivity contribution in [2.24, 2.45) is 0 Å². The lowest BCUT2D eigenvalue weighted by molar-refractivity contribution is -0.142. The first-order chi connectivity index (χ1) is 9.93. The van der Waals surface area contributed by atoms with Crippen LogP contribution in [0.5, 0.6) is 0 Å². The molecule has 0 aromatic rings. The molecule has 0 amide bonds. The first-order valence-corrected chi connectivity index (χ1v) is 6.53. The molecule has 0 rings (SSSR count). The summed E-state index contributed by atoms with van der Waals surface area (Å²) < 4.78 is 4.61. The number of allylic oxidation sites excluding steroid dienone is 2. The molecule has 0 aliphatic heterocycles. The second-order valence-electron chi connectivity index (χ2n) is 4.64. The monoisotopic (exact) mass is 314 g/mol. The van der Waals surface area contributed by atoms with Crippen LogP contribution in [-0.4, -0.2) is 34.2 Å². The fourth-order valence-electron chi connectivity index (χ4n) is 0.534. The number of carbonyl (C=O) groups excluding carboxylic acids is 1. The molecule has 0 heterocycles. The summed E-state index contributed by atoms with van der Waals surface area (Å²) >= 11 is 0. The summed E-state index contributed by atoms with van der Waals surface area (Å²) in [6, 6.07) is 0. The van der Waals surface area contributed by atoms with Gasteiger partial charge >= 0.3 is 17.9 Å². The predicted molar refractivity (Wildman–Crippen MR) is 85.6 cm³/mol. The zero-order valence-electron chi connectivity index (χ0n) is 14.0. The third-order valence-corrected chi connectivity index (χ3v) is 1.48. The average Bonchev–Trinajstić information content (AvgIpc) is 2.34. The largest absolute Gasteiger partial charge is 0.478 e. The Balaban J connectivity index is -0.000000280. The highest BCUT2D eigenvalue weighted by molar-refractivity contribution is 5.90. The van der Waals surface area contributed by atoms with Crippen molar-refractivity contribution in [1.29, 1.82) is 0 Å². The molecular weight excluding hydrogens is 288 g/mol. The van der Waals surface area contributed by atoms with Crippen molar-refractivity contribution in [2.45, 2.75) is 47.6 Å². The van der Waals surface area contributed by atoms with Crippen molar-refractivity contribution in [1.82, 2.24) is 0 Å². The van der Waals surface area contributed by atoms with Gasteiger partial charge in [0.2, 0.25) is 0 Å². The molecule has 0 radical (unpaired) electrons. The molecular formula is C16H26O6. The third kappa shape index (κ3) is 30.6. The summed E-state index contributed by atoms with van der Waals surface area (Å²) in [7, 11) is 0. The number of carboxylic acid groups (broad SMARTS) is 2. The van der Waals surface area contributed by atoms with Crippen molar-refractivity contribution in [3.8, 4) is 0 Å². The zero-order valence-corrected chi connectivity index (χ0v) is 14.0. The van der Waals surface area contributed by atoms with Gasteiger partial charge in [0.25, 0.3) is 0 Å². The molecule has 22 heavy (non-hydrogen) atoms. The standard InChI is InChI=1S/C7H10O4.C5H8O2.C4H8/c1-5(2)11-7(10)4-3-6(8)9;1-3-4(2)5(6)7;1-4(2)3/h3-5H,1-2H3,(H,8,9);3H,1-2H3,(H,6,7);1H2,2-3H3/b4-3-;;.